The van der Waals surface area contributed by atoms with Crippen molar-refractivity contribution in [1.82, 2.24) is 0 Å². The zero-order chi connectivity index (χ0) is 0. The molecule has 0 aromatic rings. The molecular formula is C3H11Y2-. The molecule has 0 spiro atoms. The van der Waals surface area contributed by atoms with Crippen molar-refractivity contribution in [2.75, 3.05) is 0 Å². The summed E-state index contributed by atoms with van der Waals surface area (Å²) in [6.07, 6.45) is 0. The van der Waals surface area contributed by atoms with E-state index in [0.29, 0.717) is 0 Å². The SMILES string of the molecule is C.C.[CH3-].[Y].[Y]. The molecule has 0 aliphatic heterocycles. The summed E-state index contributed by atoms with van der Waals surface area (Å²) in [5.74, 6) is 0. The molecule has 0 aromatic carbocycles. The zero-order valence-electron chi connectivity index (χ0n) is 2.15. The van der Waals surface area contributed by atoms with Gasteiger partial charge in [-0.1, -0.05) is 14.9 Å². The Hall–Kier alpha value is 2.21. The molecule has 0 aliphatic carbocycles. The third-order valence-electron chi connectivity index (χ3n) is 0. The zero-order valence-corrected chi connectivity index (χ0v) is 7.83. The Labute approximate surface area is 86.2 Å². The van der Waals surface area contributed by atoms with Gasteiger partial charge < -0.3 is 7.43 Å². The van der Waals surface area contributed by atoms with Gasteiger partial charge in [0.2, 0.25) is 0 Å². The first-order chi connectivity index (χ1) is 0. The van der Waals surface area contributed by atoms with Crippen molar-refractivity contribution in [3.8, 4) is 0 Å². The minimum absolute atomic E-state index is 0. The molecule has 0 nitrogen and oxygen atoms in total. The van der Waals surface area contributed by atoms with E-state index in [0.717, 1.165) is 0 Å². The average molecular weight is 225 g/mol. The summed E-state index contributed by atoms with van der Waals surface area (Å²) in [5, 5.41) is 0. The van der Waals surface area contributed by atoms with Crippen molar-refractivity contribution in [1.29, 1.82) is 0 Å². The summed E-state index contributed by atoms with van der Waals surface area (Å²) in [7, 11) is 0. The van der Waals surface area contributed by atoms with Crippen LogP contribution in [0.4, 0.5) is 0 Å². The molecule has 0 atom stereocenters. The summed E-state index contributed by atoms with van der Waals surface area (Å²) >= 11 is 0. The van der Waals surface area contributed by atoms with Crippen LogP contribution in [0.1, 0.15) is 14.9 Å². The molecule has 0 saturated heterocycles. The maximum absolute atomic E-state index is 0. The molecule has 0 N–H and O–H groups in total. The fourth-order valence-corrected chi connectivity index (χ4v) is 0. The van der Waals surface area contributed by atoms with Crippen molar-refractivity contribution in [2.45, 2.75) is 14.9 Å². The van der Waals surface area contributed by atoms with Gasteiger partial charge in [0.1, 0.15) is 0 Å². The Bertz CT molecular complexity index is 4.85. The van der Waals surface area contributed by atoms with Gasteiger partial charge in [-0.25, -0.2) is 0 Å². The van der Waals surface area contributed by atoms with Gasteiger partial charge in [-0.3, -0.25) is 0 Å². The van der Waals surface area contributed by atoms with Crippen LogP contribution in [0.25, 0.3) is 0 Å². The van der Waals surface area contributed by atoms with Gasteiger partial charge in [0, 0.05) is 65.4 Å². The predicted molar refractivity (Wildman–Crippen MR) is 19.9 cm³/mol. The van der Waals surface area contributed by atoms with E-state index in [-0.39, 0.29) is 87.7 Å². The van der Waals surface area contributed by atoms with Crippen LogP contribution in [0.3, 0.4) is 0 Å². The van der Waals surface area contributed by atoms with Crippen molar-refractivity contribution in [3.63, 3.8) is 0 Å². The molecular weight excluding hydrogens is 214 g/mol. The molecule has 0 aromatic heterocycles. The van der Waals surface area contributed by atoms with Crippen molar-refractivity contribution in [2.24, 2.45) is 0 Å². The molecule has 5 heavy (non-hydrogen) atoms. The second-order valence-electron chi connectivity index (χ2n) is 0. The molecule has 0 aliphatic rings. The first-order valence-electron chi connectivity index (χ1n) is 0. The summed E-state index contributed by atoms with van der Waals surface area (Å²) in [4.78, 5) is 0. The van der Waals surface area contributed by atoms with Crippen LogP contribution in [0.5, 0.6) is 0 Å². The maximum Gasteiger partial charge on any atom is 0 e. The van der Waals surface area contributed by atoms with Gasteiger partial charge >= 0.3 is 0 Å². The van der Waals surface area contributed by atoms with Gasteiger partial charge in [-0.15, -0.1) is 0 Å². The third kappa shape index (κ3) is 22.5. The van der Waals surface area contributed by atoms with E-state index in [9.17, 15) is 0 Å². The number of rotatable bonds is 0. The summed E-state index contributed by atoms with van der Waals surface area (Å²) < 4.78 is 0. The van der Waals surface area contributed by atoms with Crippen LogP contribution >= 0.6 is 0 Å². The maximum atomic E-state index is 0. The van der Waals surface area contributed by atoms with Gasteiger partial charge in [0.25, 0.3) is 0 Å². The Morgan fingerprint density at radius 1 is 0.600 bits per heavy atom. The number of hydrogen-bond donors (Lipinski definition) is 0. The molecule has 0 rings (SSSR count). The quantitative estimate of drug-likeness (QED) is 0.550. The van der Waals surface area contributed by atoms with Gasteiger partial charge in [0.15, 0.2) is 0 Å². The van der Waals surface area contributed by atoms with Crippen LogP contribution in [0.15, 0.2) is 0 Å². The second-order valence-corrected chi connectivity index (χ2v) is 0. The molecule has 0 heterocycles. The number of hydrogen-bond acceptors (Lipinski definition) is 0. The largest absolute Gasteiger partial charge is 0.358 e. The van der Waals surface area contributed by atoms with Crippen LogP contribution in [-0.2, 0) is 65.4 Å². The van der Waals surface area contributed by atoms with Gasteiger partial charge in [0.05, 0.1) is 0 Å². The Balaban J connectivity index is 0. The van der Waals surface area contributed by atoms with E-state index in [1.54, 1.807) is 0 Å². The molecule has 30 valence electrons. The monoisotopic (exact) mass is 225 g/mol. The molecule has 2 heteroatoms. The fourth-order valence-electron chi connectivity index (χ4n) is 0. The molecule has 0 bridgehead atoms. The topological polar surface area (TPSA) is 0 Å². The van der Waals surface area contributed by atoms with Crippen molar-refractivity contribution >= 4 is 0 Å². The van der Waals surface area contributed by atoms with Gasteiger partial charge in [-0.05, 0) is 0 Å². The first-order valence-corrected chi connectivity index (χ1v) is 0. The molecule has 0 amide bonds. The molecule has 0 unspecified atom stereocenters. The molecule has 0 saturated carbocycles. The van der Waals surface area contributed by atoms with Gasteiger partial charge in [-0.2, -0.15) is 0 Å². The van der Waals surface area contributed by atoms with E-state index < -0.39 is 0 Å². The smallest absolute Gasteiger partial charge is 0 e. The molecule has 2 radical (unpaired) electrons. The summed E-state index contributed by atoms with van der Waals surface area (Å²) in [5.41, 5.74) is 0. The van der Waals surface area contributed by atoms with Crippen molar-refractivity contribution in [3.05, 3.63) is 7.43 Å². The Morgan fingerprint density at radius 3 is 0.600 bits per heavy atom. The second kappa shape index (κ2) is 34.5. The average Bonchev–Trinajstić information content (AvgIpc) is 0. The van der Waals surface area contributed by atoms with Crippen LogP contribution < -0.4 is 0 Å². The van der Waals surface area contributed by atoms with Crippen LogP contribution in [0.2, 0.25) is 0 Å². The van der Waals surface area contributed by atoms with E-state index in [2.05, 4.69) is 0 Å². The Kier molecular flexibility index (Phi) is 394. The first kappa shape index (κ1) is 57.0. The predicted octanol–water partition coefficient (Wildman–Crippen LogP) is 1.72. The van der Waals surface area contributed by atoms with E-state index in [1.807, 2.05) is 0 Å². The minimum Gasteiger partial charge on any atom is -0.358 e. The summed E-state index contributed by atoms with van der Waals surface area (Å²) in [6.45, 7) is 0. The van der Waals surface area contributed by atoms with Crippen LogP contribution in [-0.4, -0.2) is 0 Å². The Morgan fingerprint density at radius 2 is 0.600 bits per heavy atom. The normalized spacial score (nSPS) is 0. The van der Waals surface area contributed by atoms with E-state index in [4.69, 9.17) is 0 Å². The third-order valence-corrected chi connectivity index (χ3v) is 0. The molecule has 0 fully saturated rings. The van der Waals surface area contributed by atoms with Crippen LogP contribution in [0, 0.1) is 7.43 Å². The standard InChI is InChI=1S/2CH4.CH3.2Y/h2*1H4;1H3;;/q;;-1;;. The van der Waals surface area contributed by atoms with E-state index >= 15 is 0 Å². The minimum atomic E-state index is 0. The fraction of sp³-hybridized carbons (Fsp3) is 0.667. The summed E-state index contributed by atoms with van der Waals surface area (Å²) in [6, 6.07) is 0. The van der Waals surface area contributed by atoms with E-state index in [1.165, 1.54) is 0 Å². The van der Waals surface area contributed by atoms with Crippen molar-refractivity contribution < 1.29 is 65.4 Å².